The lowest BCUT2D eigenvalue weighted by Gasteiger charge is -2.34. The molecule has 3 aliphatic heterocycles. The van der Waals surface area contributed by atoms with Crippen molar-refractivity contribution in [2.75, 3.05) is 33.3 Å². The van der Waals surface area contributed by atoms with Gasteiger partial charge in [0.25, 0.3) is 0 Å². The summed E-state index contributed by atoms with van der Waals surface area (Å²) in [5, 5.41) is 10.6. The van der Waals surface area contributed by atoms with Gasteiger partial charge in [-0.05, 0) is 71.0 Å². The van der Waals surface area contributed by atoms with Gasteiger partial charge in [-0.1, -0.05) is 19.3 Å². The van der Waals surface area contributed by atoms with E-state index >= 15 is 0 Å². The Bertz CT molecular complexity index is 630. The smallest absolute Gasteiger partial charge is 0.223 e. The van der Waals surface area contributed by atoms with E-state index in [1.807, 2.05) is 0 Å². The Balaban J connectivity index is 1.06. The molecular formula is C24H44N6O2. The summed E-state index contributed by atoms with van der Waals surface area (Å²) in [5.41, 5.74) is 7.04. The van der Waals surface area contributed by atoms with Crippen molar-refractivity contribution in [3.05, 3.63) is 0 Å². The van der Waals surface area contributed by atoms with Crippen molar-refractivity contribution < 1.29 is 9.53 Å². The standard InChI is InChI=1S/C24H44N6O2/c1-30-22(28-29-23(30)16-9-11-25-12-10-16)14-26-18-6-4-5-17(13-18)24(31)27-20-15-32-21-8-3-2-7-19(20)21/h16-23,25-26,28-29H,2-15H2,1H3,(H,27,31)/t17?,18?,19?,20-,21?,22?,23?/m0/s1. The lowest BCUT2D eigenvalue weighted by molar-refractivity contribution is -0.127. The molecule has 32 heavy (non-hydrogen) atoms. The van der Waals surface area contributed by atoms with Gasteiger partial charge in [-0.2, -0.15) is 0 Å². The van der Waals surface area contributed by atoms with Crippen molar-refractivity contribution in [3.8, 4) is 0 Å². The van der Waals surface area contributed by atoms with Crippen LogP contribution in [0.4, 0.5) is 0 Å². The number of likely N-dealkylation sites (N-methyl/N-ethyl adjacent to an activating group) is 1. The summed E-state index contributed by atoms with van der Waals surface area (Å²) in [6, 6.07) is 0.658. The molecule has 0 radical (unpaired) electrons. The van der Waals surface area contributed by atoms with E-state index in [0.29, 0.717) is 42.9 Å². The van der Waals surface area contributed by atoms with Gasteiger partial charge in [-0.25, -0.2) is 10.9 Å². The number of carbonyl (C=O) groups excluding carboxylic acids is 1. The molecule has 5 aliphatic rings. The molecule has 7 atom stereocenters. The summed E-state index contributed by atoms with van der Waals surface area (Å²) < 4.78 is 5.99. The Labute approximate surface area is 193 Å². The zero-order valence-corrected chi connectivity index (χ0v) is 19.8. The van der Waals surface area contributed by atoms with Gasteiger partial charge in [-0.15, -0.1) is 0 Å². The van der Waals surface area contributed by atoms with Gasteiger partial charge < -0.3 is 20.7 Å². The van der Waals surface area contributed by atoms with Crippen LogP contribution in [0.2, 0.25) is 0 Å². The Morgan fingerprint density at radius 3 is 2.75 bits per heavy atom. The minimum atomic E-state index is 0.138. The van der Waals surface area contributed by atoms with Crippen molar-refractivity contribution >= 4 is 5.91 Å². The molecule has 2 aliphatic carbocycles. The third kappa shape index (κ3) is 5.15. The van der Waals surface area contributed by atoms with E-state index in [2.05, 4.69) is 38.7 Å². The van der Waals surface area contributed by atoms with Crippen molar-refractivity contribution in [3.63, 3.8) is 0 Å². The molecule has 0 bridgehead atoms. The molecule has 0 aromatic heterocycles. The van der Waals surface area contributed by atoms with E-state index in [4.69, 9.17) is 4.74 Å². The van der Waals surface area contributed by atoms with E-state index in [0.717, 1.165) is 38.9 Å². The summed E-state index contributed by atoms with van der Waals surface area (Å²) in [7, 11) is 2.23. The van der Waals surface area contributed by atoms with Crippen LogP contribution in [0.5, 0.6) is 0 Å². The molecule has 3 saturated heterocycles. The predicted molar refractivity (Wildman–Crippen MR) is 125 cm³/mol. The number of piperidine rings is 1. The second kappa shape index (κ2) is 10.7. The summed E-state index contributed by atoms with van der Waals surface area (Å²) in [5.74, 6) is 1.64. The SMILES string of the molecule is CN1C(CNC2CCCC(C(=O)N[C@H]3COC4CCCCC43)C2)NNC1C1CCNCC1. The van der Waals surface area contributed by atoms with Crippen LogP contribution in [0, 0.1) is 17.8 Å². The fourth-order valence-electron chi connectivity index (χ4n) is 6.87. The fraction of sp³-hybridized carbons (Fsp3) is 0.958. The van der Waals surface area contributed by atoms with Gasteiger partial charge in [0.15, 0.2) is 0 Å². The predicted octanol–water partition coefficient (Wildman–Crippen LogP) is 0.900. The lowest BCUT2D eigenvalue weighted by Crippen LogP contribution is -2.50. The number of hydrogen-bond donors (Lipinski definition) is 5. The molecule has 5 rings (SSSR count). The maximum absolute atomic E-state index is 13.1. The normalized spacial score (nSPS) is 41.5. The average Bonchev–Trinajstić information content (AvgIpc) is 3.42. The highest BCUT2D eigenvalue weighted by molar-refractivity contribution is 5.79. The lowest BCUT2D eigenvalue weighted by atomic mass is 9.82. The number of nitrogens with zero attached hydrogens (tertiary/aromatic N) is 1. The maximum atomic E-state index is 13.1. The molecule has 0 aromatic rings. The van der Waals surface area contributed by atoms with E-state index in [-0.39, 0.29) is 17.9 Å². The third-order valence-corrected chi connectivity index (χ3v) is 8.89. The number of hydrazine groups is 1. The number of rotatable bonds is 6. The quantitative estimate of drug-likeness (QED) is 0.413. The zero-order valence-electron chi connectivity index (χ0n) is 19.8. The average molecular weight is 449 g/mol. The van der Waals surface area contributed by atoms with Crippen LogP contribution < -0.4 is 26.8 Å². The summed E-state index contributed by atoms with van der Waals surface area (Å²) in [6.07, 6.45) is 12.8. The molecule has 8 heteroatoms. The van der Waals surface area contributed by atoms with E-state index in [9.17, 15) is 4.79 Å². The highest BCUT2D eigenvalue weighted by Gasteiger charge is 2.41. The minimum Gasteiger partial charge on any atom is -0.376 e. The first-order valence-electron chi connectivity index (χ1n) is 13.3. The molecule has 182 valence electrons. The molecule has 5 fully saturated rings. The maximum Gasteiger partial charge on any atom is 0.223 e. The zero-order chi connectivity index (χ0) is 21.9. The van der Waals surface area contributed by atoms with Gasteiger partial charge in [0, 0.05) is 24.4 Å². The Hall–Kier alpha value is -0.770. The largest absolute Gasteiger partial charge is 0.376 e. The van der Waals surface area contributed by atoms with Crippen LogP contribution in [-0.4, -0.2) is 74.6 Å². The summed E-state index contributed by atoms with van der Waals surface area (Å²) >= 11 is 0. The molecule has 1 amide bonds. The first-order chi connectivity index (χ1) is 15.7. The molecule has 0 spiro atoms. The van der Waals surface area contributed by atoms with Crippen molar-refractivity contribution in [1.29, 1.82) is 0 Å². The number of carbonyl (C=O) groups is 1. The summed E-state index contributed by atoms with van der Waals surface area (Å²) in [6.45, 7) is 3.86. The fourth-order valence-corrected chi connectivity index (χ4v) is 6.87. The number of fused-ring (bicyclic) bond motifs is 1. The van der Waals surface area contributed by atoms with Crippen molar-refractivity contribution in [1.82, 2.24) is 31.7 Å². The Morgan fingerprint density at radius 2 is 1.88 bits per heavy atom. The van der Waals surface area contributed by atoms with Crippen molar-refractivity contribution in [2.24, 2.45) is 17.8 Å². The monoisotopic (exact) mass is 448 g/mol. The van der Waals surface area contributed by atoms with Crippen LogP contribution in [0.3, 0.4) is 0 Å². The molecule has 2 saturated carbocycles. The van der Waals surface area contributed by atoms with Crippen LogP contribution in [-0.2, 0) is 9.53 Å². The summed E-state index contributed by atoms with van der Waals surface area (Å²) in [4.78, 5) is 15.5. The van der Waals surface area contributed by atoms with Crippen molar-refractivity contribution in [2.45, 2.75) is 94.7 Å². The van der Waals surface area contributed by atoms with Gasteiger partial charge in [0.1, 0.15) is 0 Å². The first-order valence-corrected chi connectivity index (χ1v) is 13.3. The van der Waals surface area contributed by atoms with Gasteiger partial charge >= 0.3 is 0 Å². The molecule has 0 aromatic carbocycles. The third-order valence-electron chi connectivity index (χ3n) is 8.89. The number of hydrogen-bond acceptors (Lipinski definition) is 7. The van der Waals surface area contributed by atoms with Crippen LogP contribution in [0.15, 0.2) is 0 Å². The highest BCUT2D eigenvalue weighted by atomic mass is 16.5. The molecule has 6 unspecified atom stereocenters. The Kier molecular flexibility index (Phi) is 7.66. The molecule has 3 heterocycles. The molecular weight excluding hydrogens is 404 g/mol. The van der Waals surface area contributed by atoms with E-state index in [1.54, 1.807) is 0 Å². The Morgan fingerprint density at radius 1 is 1.03 bits per heavy atom. The highest BCUT2D eigenvalue weighted by Crippen LogP contribution is 2.35. The number of nitrogens with one attached hydrogen (secondary N) is 5. The second-order valence-electron chi connectivity index (χ2n) is 10.9. The minimum absolute atomic E-state index is 0.138. The first kappa shape index (κ1) is 23.0. The number of amides is 1. The second-order valence-corrected chi connectivity index (χ2v) is 10.9. The van der Waals surface area contributed by atoms with Crippen LogP contribution in [0.25, 0.3) is 0 Å². The molecule has 8 nitrogen and oxygen atoms in total. The topological polar surface area (TPSA) is 89.7 Å². The van der Waals surface area contributed by atoms with Crippen LogP contribution in [0.1, 0.15) is 64.2 Å². The van der Waals surface area contributed by atoms with Crippen LogP contribution >= 0.6 is 0 Å². The van der Waals surface area contributed by atoms with E-state index in [1.165, 1.54) is 44.9 Å². The number of ether oxygens (including phenoxy) is 1. The molecule has 5 N–H and O–H groups in total. The van der Waals surface area contributed by atoms with E-state index < -0.39 is 0 Å². The van der Waals surface area contributed by atoms with Gasteiger partial charge in [0.2, 0.25) is 5.91 Å². The van der Waals surface area contributed by atoms with Gasteiger partial charge in [-0.3, -0.25) is 9.69 Å². The van der Waals surface area contributed by atoms with Gasteiger partial charge in [0.05, 0.1) is 31.1 Å².